The third-order valence-electron chi connectivity index (χ3n) is 3.65. The second-order valence-corrected chi connectivity index (χ2v) is 5.98. The van der Waals surface area contributed by atoms with Gasteiger partial charge in [0.05, 0.1) is 11.8 Å². The van der Waals surface area contributed by atoms with E-state index in [-0.39, 0.29) is 17.1 Å². The van der Waals surface area contributed by atoms with Gasteiger partial charge in [-0.25, -0.2) is 14.6 Å². The molecule has 0 aliphatic heterocycles. The maximum atomic E-state index is 13.0. The van der Waals surface area contributed by atoms with Gasteiger partial charge in [0.2, 0.25) is 0 Å². The van der Waals surface area contributed by atoms with Crippen LogP contribution in [-0.2, 0) is 11.0 Å². The molecule has 0 spiro atoms. The summed E-state index contributed by atoms with van der Waals surface area (Å²) >= 11 is 0. The number of carbonyl (C=O) groups excluding carboxylic acids is 2. The van der Waals surface area contributed by atoms with E-state index >= 15 is 0 Å². The molecule has 12 heteroatoms. The molecule has 0 aliphatic carbocycles. The van der Waals surface area contributed by atoms with Crippen molar-refractivity contribution in [3.05, 3.63) is 66.0 Å². The standard InChI is InChI=1S/C18H14F3N7O2/c1-11-6-12(8-13(7-11)18(19,20)21)16-24-10-28(27-16)5-2-15(29)25-26-17(30)14-9-22-3-4-23-14/h2-10H,1H3,(H,25,29)(H,26,30)/b5-2-. The number of alkyl halides is 3. The van der Waals surface area contributed by atoms with Gasteiger partial charge in [-0.05, 0) is 30.7 Å². The van der Waals surface area contributed by atoms with Crippen molar-refractivity contribution < 1.29 is 22.8 Å². The topological polar surface area (TPSA) is 115 Å². The van der Waals surface area contributed by atoms with E-state index in [2.05, 4.69) is 30.9 Å². The van der Waals surface area contributed by atoms with Crippen LogP contribution in [0.5, 0.6) is 0 Å². The van der Waals surface area contributed by atoms with E-state index < -0.39 is 23.6 Å². The van der Waals surface area contributed by atoms with Crippen LogP contribution in [0.1, 0.15) is 21.6 Å². The largest absolute Gasteiger partial charge is 0.416 e. The molecule has 0 saturated heterocycles. The van der Waals surface area contributed by atoms with Gasteiger partial charge in [-0.2, -0.15) is 13.2 Å². The molecule has 2 heterocycles. The number of nitrogens with one attached hydrogen (secondary N) is 2. The van der Waals surface area contributed by atoms with Gasteiger partial charge < -0.3 is 0 Å². The zero-order valence-corrected chi connectivity index (χ0v) is 15.4. The Kier molecular flexibility index (Phi) is 5.85. The Balaban J connectivity index is 1.64. The van der Waals surface area contributed by atoms with Crippen LogP contribution in [-0.4, -0.2) is 36.5 Å². The van der Waals surface area contributed by atoms with Gasteiger partial charge in [0, 0.05) is 30.2 Å². The summed E-state index contributed by atoms with van der Waals surface area (Å²) in [7, 11) is 0. The monoisotopic (exact) mass is 417 g/mol. The number of hydrogen-bond donors (Lipinski definition) is 2. The Morgan fingerprint density at radius 1 is 1.10 bits per heavy atom. The molecule has 0 fully saturated rings. The van der Waals surface area contributed by atoms with E-state index in [0.29, 0.717) is 5.56 Å². The molecule has 0 saturated carbocycles. The smallest absolute Gasteiger partial charge is 0.268 e. The first kappa shape index (κ1) is 20.6. The van der Waals surface area contributed by atoms with E-state index in [9.17, 15) is 22.8 Å². The number of benzene rings is 1. The van der Waals surface area contributed by atoms with Crippen LogP contribution in [0, 0.1) is 6.92 Å². The lowest BCUT2D eigenvalue weighted by atomic mass is 10.1. The molecule has 1 aromatic carbocycles. The summed E-state index contributed by atoms with van der Waals surface area (Å²) in [5.74, 6) is -1.28. The van der Waals surface area contributed by atoms with Crippen LogP contribution in [0.3, 0.4) is 0 Å². The molecule has 3 rings (SSSR count). The highest BCUT2D eigenvalue weighted by molar-refractivity contribution is 5.96. The number of aromatic nitrogens is 5. The van der Waals surface area contributed by atoms with Gasteiger partial charge in [0.1, 0.15) is 12.0 Å². The van der Waals surface area contributed by atoms with Gasteiger partial charge in [-0.1, -0.05) is 0 Å². The van der Waals surface area contributed by atoms with Gasteiger partial charge in [-0.3, -0.25) is 25.4 Å². The fraction of sp³-hybridized carbons (Fsp3) is 0.111. The Morgan fingerprint density at radius 3 is 2.60 bits per heavy atom. The Hall–Kier alpha value is -4.09. The summed E-state index contributed by atoms with van der Waals surface area (Å²) in [5, 5.41) is 4.03. The lowest BCUT2D eigenvalue weighted by molar-refractivity contribution is -0.137. The van der Waals surface area contributed by atoms with E-state index in [1.807, 2.05) is 0 Å². The van der Waals surface area contributed by atoms with Crippen molar-refractivity contribution in [2.45, 2.75) is 13.1 Å². The van der Waals surface area contributed by atoms with Gasteiger partial charge in [0.25, 0.3) is 11.8 Å². The molecule has 30 heavy (non-hydrogen) atoms. The number of halogens is 3. The van der Waals surface area contributed by atoms with Crippen LogP contribution >= 0.6 is 0 Å². The minimum Gasteiger partial charge on any atom is -0.268 e. The minimum absolute atomic E-state index is 0.0130. The summed E-state index contributed by atoms with van der Waals surface area (Å²) in [4.78, 5) is 35.0. The minimum atomic E-state index is -4.49. The Labute approximate surface area is 167 Å². The zero-order valence-electron chi connectivity index (χ0n) is 15.4. The number of amides is 2. The highest BCUT2D eigenvalue weighted by Crippen LogP contribution is 2.32. The first-order valence-electron chi connectivity index (χ1n) is 8.37. The normalized spacial score (nSPS) is 11.5. The fourth-order valence-corrected chi connectivity index (χ4v) is 2.34. The molecule has 0 aliphatic rings. The molecule has 0 radical (unpaired) electrons. The quantitative estimate of drug-likeness (QED) is 0.496. The fourth-order valence-electron chi connectivity index (χ4n) is 2.34. The third-order valence-corrected chi connectivity index (χ3v) is 3.65. The molecule has 2 amide bonds. The van der Waals surface area contributed by atoms with E-state index in [1.165, 1.54) is 44.1 Å². The molecule has 0 unspecified atom stereocenters. The molecular formula is C18H14F3N7O2. The van der Waals surface area contributed by atoms with Crippen molar-refractivity contribution in [3.8, 4) is 11.4 Å². The second-order valence-electron chi connectivity index (χ2n) is 5.98. The molecule has 9 nitrogen and oxygen atoms in total. The summed E-state index contributed by atoms with van der Waals surface area (Å²) in [6.45, 7) is 1.54. The molecular weight excluding hydrogens is 403 g/mol. The van der Waals surface area contributed by atoms with E-state index in [0.717, 1.165) is 22.9 Å². The van der Waals surface area contributed by atoms with Crippen LogP contribution in [0.15, 0.2) is 49.2 Å². The van der Waals surface area contributed by atoms with Gasteiger partial charge >= 0.3 is 6.18 Å². The Morgan fingerprint density at radius 2 is 1.90 bits per heavy atom. The molecule has 2 aromatic heterocycles. The number of rotatable bonds is 4. The Bertz CT molecular complexity index is 1090. The number of aryl methyl sites for hydroxylation is 1. The van der Waals surface area contributed by atoms with Crippen molar-refractivity contribution in [2.24, 2.45) is 0 Å². The van der Waals surface area contributed by atoms with Crippen molar-refractivity contribution in [1.29, 1.82) is 0 Å². The van der Waals surface area contributed by atoms with Crippen LogP contribution in [0.4, 0.5) is 13.2 Å². The lowest BCUT2D eigenvalue weighted by Crippen LogP contribution is -2.41. The van der Waals surface area contributed by atoms with Crippen LogP contribution < -0.4 is 10.9 Å². The molecule has 154 valence electrons. The summed E-state index contributed by atoms with van der Waals surface area (Å²) in [5.41, 5.74) is 4.10. The number of hydrazine groups is 1. The summed E-state index contributed by atoms with van der Waals surface area (Å²) in [6.07, 6.45) is 2.96. The summed E-state index contributed by atoms with van der Waals surface area (Å²) in [6, 6.07) is 3.50. The van der Waals surface area contributed by atoms with E-state index in [1.54, 1.807) is 0 Å². The van der Waals surface area contributed by atoms with Crippen molar-refractivity contribution in [1.82, 2.24) is 35.6 Å². The molecule has 0 atom stereocenters. The van der Waals surface area contributed by atoms with Gasteiger partial charge in [0.15, 0.2) is 5.82 Å². The van der Waals surface area contributed by atoms with Crippen molar-refractivity contribution >= 4 is 18.0 Å². The highest BCUT2D eigenvalue weighted by Gasteiger charge is 2.31. The molecule has 2 N–H and O–H groups in total. The predicted molar refractivity (Wildman–Crippen MR) is 98.2 cm³/mol. The van der Waals surface area contributed by atoms with E-state index in [4.69, 9.17) is 0 Å². The highest BCUT2D eigenvalue weighted by atomic mass is 19.4. The number of carbonyl (C=O) groups is 2. The third kappa shape index (κ3) is 5.25. The first-order valence-corrected chi connectivity index (χ1v) is 8.37. The average molecular weight is 417 g/mol. The SMILES string of the molecule is Cc1cc(-c2ncn(/C=C\C(=O)NNC(=O)c3cnccn3)n2)cc(C(F)(F)F)c1. The lowest BCUT2D eigenvalue weighted by Gasteiger charge is -2.09. The van der Waals surface area contributed by atoms with Crippen LogP contribution in [0.2, 0.25) is 0 Å². The maximum absolute atomic E-state index is 13.0. The number of hydrogen-bond acceptors (Lipinski definition) is 6. The molecule has 3 aromatic rings. The maximum Gasteiger partial charge on any atom is 0.416 e. The second kappa shape index (κ2) is 8.51. The molecule has 0 bridgehead atoms. The summed E-state index contributed by atoms with van der Waals surface area (Å²) < 4.78 is 40.1. The number of nitrogens with zero attached hydrogens (tertiary/aromatic N) is 5. The average Bonchev–Trinajstić information content (AvgIpc) is 3.19. The van der Waals surface area contributed by atoms with Gasteiger partial charge in [-0.15, -0.1) is 5.10 Å². The predicted octanol–water partition coefficient (Wildman–Crippen LogP) is 1.99. The van der Waals surface area contributed by atoms with Crippen molar-refractivity contribution in [2.75, 3.05) is 0 Å². The first-order chi connectivity index (χ1) is 14.2. The van der Waals surface area contributed by atoms with Crippen LogP contribution in [0.25, 0.3) is 17.6 Å². The zero-order chi connectivity index (χ0) is 21.7. The van der Waals surface area contributed by atoms with Crippen molar-refractivity contribution in [3.63, 3.8) is 0 Å².